The largest absolute Gasteiger partial charge is 0.416 e. The molecule has 0 unspecified atom stereocenters. The molecule has 0 aliphatic heterocycles. The van der Waals surface area contributed by atoms with Crippen molar-refractivity contribution in [2.45, 2.75) is 25.1 Å². The summed E-state index contributed by atoms with van der Waals surface area (Å²) in [6, 6.07) is 3.92. The molecule has 1 N–H and O–H groups in total. The van der Waals surface area contributed by atoms with E-state index in [1.54, 1.807) is 0 Å². The molecular formula is C13H15F3N2O3S. The first-order chi connectivity index (χ1) is 10.1. The number of carbonyl (C=O) groups is 1. The summed E-state index contributed by atoms with van der Waals surface area (Å²) in [6.07, 6.45) is -2.09. The third-order valence-corrected chi connectivity index (χ3v) is 4.23. The summed E-state index contributed by atoms with van der Waals surface area (Å²) >= 11 is 0. The number of rotatable bonds is 5. The van der Waals surface area contributed by atoms with Crippen LogP contribution in [0.25, 0.3) is 0 Å². The maximum atomic E-state index is 12.7. The molecule has 1 amide bonds. The number of hydrogen-bond donors (Lipinski definition) is 1. The van der Waals surface area contributed by atoms with Crippen molar-refractivity contribution in [3.63, 3.8) is 0 Å². The Kier molecular flexibility index (Phi) is 4.37. The van der Waals surface area contributed by atoms with Gasteiger partial charge in [-0.15, -0.1) is 0 Å². The number of alkyl halides is 3. The Morgan fingerprint density at radius 2 is 2.00 bits per heavy atom. The smallest absolute Gasteiger partial charge is 0.352 e. The summed E-state index contributed by atoms with van der Waals surface area (Å²) in [6.45, 7) is -0.545. The molecular weight excluding hydrogens is 321 g/mol. The predicted molar refractivity (Wildman–Crippen MR) is 74.8 cm³/mol. The second-order valence-corrected chi connectivity index (χ2v) is 7.07. The molecule has 2 rings (SSSR count). The lowest BCUT2D eigenvalue weighted by molar-refractivity contribution is -0.137. The summed E-state index contributed by atoms with van der Waals surface area (Å²) in [5, 5.41) is 2.60. The maximum Gasteiger partial charge on any atom is 0.416 e. The Bertz CT molecular complexity index is 669. The van der Waals surface area contributed by atoms with Crippen molar-refractivity contribution in [3.05, 3.63) is 29.8 Å². The van der Waals surface area contributed by atoms with E-state index in [-0.39, 0.29) is 11.7 Å². The van der Waals surface area contributed by atoms with Gasteiger partial charge in [-0.2, -0.15) is 13.2 Å². The number of anilines is 1. The van der Waals surface area contributed by atoms with Crippen molar-refractivity contribution in [2.75, 3.05) is 17.1 Å². The molecule has 0 aromatic heterocycles. The first-order valence-corrected chi connectivity index (χ1v) is 8.36. The van der Waals surface area contributed by atoms with E-state index >= 15 is 0 Å². The van der Waals surface area contributed by atoms with Crippen molar-refractivity contribution in [3.8, 4) is 0 Å². The second kappa shape index (κ2) is 5.79. The van der Waals surface area contributed by atoms with Crippen molar-refractivity contribution < 1.29 is 26.4 Å². The molecule has 9 heteroatoms. The standard InChI is InChI=1S/C13H15F3N2O3S/c1-22(20,21)18(8-12(19)17-10-5-6-10)11-4-2-3-9(7-11)13(14,15)16/h2-4,7,10H,5-6,8H2,1H3,(H,17,19). The van der Waals surface area contributed by atoms with Gasteiger partial charge >= 0.3 is 6.18 Å². The van der Waals surface area contributed by atoms with Crippen LogP contribution in [0.1, 0.15) is 18.4 Å². The van der Waals surface area contributed by atoms with E-state index in [0.29, 0.717) is 10.4 Å². The van der Waals surface area contributed by atoms with Crippen LogP contribution >= 0.6 is 0 Å². The molecule has 0 radical (unpaired) electrons. The summed E-state index contributed by atoms with van der Waals surface area (Å²) in [5.41, 5.74) is -1.16. The molecule has 0 saturated heterocycles. The number of carbonyl (C=O) groups excluding carboxylic acids is 1. The Morgan fingerprint density at radius 1 is 1.36 bits per heavy atom. The number of benzene rings is 1. The lowest BCUT2D eigenvalue weighted by atomic mass is 10.2. The van der Waals surface area contributed by atoms with Gasteiger partial charge in [0.1, 0.15) is 6.54 Å². The highest BCUT2D eigenvalue weighted by atomic mass is 32.2. The van der Waals surface area contributed by atoms with Gasteiger partial charge in [-0.25, -0.2) is 8.42 Å². The van der Waals surface area contributed by atoms with Gasteiger partial charge in [0, 0.05) is 6.04 Å². The molecule has 0 spiro atoms. The van der Waals surface area contributed by atoms with Crippen LogP contribution in [0.4, 0.5) is 18.9 Å². The van der Waals surface area contributed by atoms with Gasteiger partial charge in [0.15, 0.2) is 0 Å². The third-order valence-electron chi connectivity index (χ3n) is 3.09. The Balaban J connectivity index is 2.27. The molecule has 1 aromatic carbocycles. The first-order valence-electron chi connectivity index (χ1n) is 6.52. The molecule has 1 aromatic rings. The fraction of sp³-hybridized carbons (Fsp3) is 0.462. The molecule has 1 aliphatic carbocycles. The fourth-order valence-electron chi connectivity index (χ4n) is 1.87. The third kappa shape index (κ3) is 4.36. The molecule has 5 nitrogen and oxygen atoms in total. The minimum Gasteiger partial charge on any atom is -0.352 e. The minimum absolute atomic E-state index is 0.0374. The second-order valence-electron chi connectivity index (χ2n) is 5.16. The number of nitrogens with one attached hydrogen (secondary N) is 1. The Morgan fingerprint density at radius 3 is 2.50 bits per heavy atom. The van der Waals surface area contributed by atoms with Gasteiger partial charge in [0.25, 0.3) is 0 Å². The van der Waals surface area contributed by atoms with Gasteiger partial charge < -0.3 is 5.32 Å². The molecule has 0 heterocycles. The van der Waals surface area contributed by atoms with Crippen LogP contribution < -0.4 is 9.62 Å². The van der Waals surface area contributed by atoms with Gasteiger partial charge in [-0.3, -0.25) is 9.10 Å². The Labute approximate surface area is 126 Å². The normalized spacial score (nSPS) is 15.5. The Hall–Kier alpha value is -1.77. The average molecular weight is 336 g/mol. The highest BCUT2D eigenvalue weighted by molar-refractivity contribution is 7.92. The van der Waals surface area contributed by atoms with Gasteiger partial charge in [-0.1, -0.05) is 6.07 Å². The zero-order valence-corrected chi connectivity index (χ0v) is 12.5. The van der Waals surface area contributed by atoms with Crippen LogP contribution in [0.3, 0.4) is 0 Å². The van der Waals surface area contributed by atoms with Crippen molar-refractivity contribution in [2.24, 2.45) is 0 Å². The summed E-state index contributed by atoms with van der Waals surface area (Å²) < 4.78 is 62.4. The summed E-state index contributed by atoms with van der Waals surface area (Å²) in [7, 11) is -3.89. The van der Waals surface area contributed by atoms with Crippen LogP contribution in [-0.2, 0) is 21.0 Å². The zero-order chi connectivity index (χ0) is 16.5. The van der Waals surface area contributed by atoms with E-state index in [1.165, 1.54) is 6.07 Å². The van der Waals surface area contributed by atoms with Crippen molar-refractivity contribution in [1.82, 2.24) is 5.32 Å². The van der Waals surface area contributed by atoms with Crippen LogP contribution in [0.2, 0.25) is 0 Å². The van der Waals surface area contributed by atoms with Crippen LogP contribution in [0, 0.1) is 0 Å². The average Bonchev–Trinajstić information content (AvgIpc) is 3.17. The maximum absolute atomic E-state index is 12.7. The number of nitrogens with zero attached hydrogens (tertiary/aromatic N) is 1. The van der Waals surface area contributed by atoms with Crippen molar-refractivity contribution in [1.29, 1.82) is 0 Å². The SMILES string of the molecule is CS(=O)(=O)N(CC(=O)NC1CC1)c1cccc(C(F)(F)F)c1. The monoisotopic (exact) mass is 336 g/mol. The summed E-state index contributed by atoms with van der Waals surface area (Å²) in [5.74, 6) is -0.537. The van der Waals surface area contributed by atoms with E-state index in [0.717, 1.165) is 31.2 Å². The van der Waals surface area contributed by atoms with Crippen molar-refractivity contribution >= 4 is 21.6 Å². The lowest BCUT2D eigenvalue weighted by Gasteiger charge is -2.22. The van der Waals surface area contributed by atoms with Gasteiger partial charge in [-0.05, 0) is 31.0 Å². The van der Waals surface area contributed by atoms with E-state index < -0.39 is 34.2 Å². The quantitative estimate of drug-likeness (QED) is 0.891. The lowest BCUT2D eigenvalue weighted by Crippen LogP contribution is -2.41. The molecule has 22 heavy (non-hydrogen) atoms. The highest BCUT2D eigenvalue weighted by Crippen LogP contribution is 2.32. The fourth-order valence-corrected chi connectivity index (χ4v) is 2.72. The van der Waals surface area contributed by atoms with Crippen LogP contribution in [0.15, 0.2) is 24.3 Å². The minimum atomic E-state index is -4.59. The predicted octanol–water partition coefficient (Wildman–Crippen LogP) is 1.75. The van der Waals surface area contributed by atoms with E-state index in [4.69, 9.17) is 0 Å². The van der Waals surface area contributed by atoms with Crippen LogP contribution in [-0.4, -0.2) is 33.2 Å². The molecule has 0 bridgehead atoms. The van der Waals surface area contributed by atoms with Crippen LogP contribution in [0.5, 0.6) is 0 Å². The number of halogens is 3. The number of amides is 1. The van der Waals surface area contributed by atoms with Gasteiger partial charge in [0.2, 0.25) is 15.9 Å². The summed E-state index contributed by atoms with van der Waals surface area (Å²) in [4.78, 5) is 11.8. The highest BCUT2D eigenvalue weighted by Gasteiger charge is 2.32. The topological polar surface area (TPSA) is 66.5 Å². The first kappa shape index (κ1) is 16.6. The number of hydrogen-bond acceptors (Lipinski definition) is 3. The molecule has 0 atom stereocenters. The number of sulfonamides is 1. The van der Waals surface area contributed by atoms with E-state index in [1.807, 2.05) is 0 Å². The molecule has 1 aliphatic rings. The molecule has 1 fully saturated rings. The van der Waals surface area contributed by atoms with E-state index in [2.05, 4.69) is 5.32 Å². The van der Waals surface area contributed by atoms with E-state index in [9.17, 15) is 26.4 Å². The molecule has 1 saturated carbocycles. The van der Waals surface area contributed by atoms with Gasteiger partial charge in [0.05, 0.1) is 17.5 Å². The zero-order valence-electron chi connectivity index (χ0n) is 11.7. The molecule has 122 valence electrons.